The van der Waals surface area contributed by atoms with Crippen LogP contribution in [0, 0.1) is 4.77 Å². The van der Waals surface area contributed by atoms with Crippen molar-refractivity contribution in [1.82, 2.24) is 24.1 Å². The predicted molar refractivity (Wildman–Crippen MR) is 101 cm³/mol. The quantitative estimate of drug-likeness (QED) is 0.641. The standard InChI is InChI=1S/C17H21N5OS2/c1-19-16(15-5-2-10-23-15)18-22(17(19)24)13-21-8-6-20(7-9-21)12-14-4-3-11-25-14/h2-5,10-11H,6-9,12-13H2,1H3. The van der Waals surface area contributed by atoms with Gasteiger partial charge in [-0.3, -0.25) is 9.80 Å². The van der Waals surface area contributed by atoms with Crippen LogP contribution in [-0.2, 0) is 20.3 Å². The van der Waals surface area contributed by atoms with Gasteiger partial charge in [0.1, 0.15) is 0 Å². The highest BCUT2D eigenvalue weighted by Gasteiger charge is 2.19. The third-order valence-corrected chi connectivity index (χ3v) is 5.89. The Bertz CT molecular complexity index is 858. The van der Waals surface area contributed by atoms with E-state index in [1.807, 2.05) is 39.8 Å². The van der Waals surface area contributed by atoms with Crippen LogP contribution < -0.4 is 0 Å². The van der Waals surface area contributed by atoms with E-state index >= 15 is 0 Å². The molecule has 1 aliphatic heterocycles. The van der Waals surface area contributed by atoms with E-state index in [1.54, 1.807) is 6.26 Å². The van der Waals surface area contributed by atoms with E-state index in [4.69, 9.17) is 16.6 Å². The van der Waals surface area contributed by atoms with Crippen LogP contribution in [0.3, 0.4) is 0 Å². The van der Waals surface area contributed by atoms with Gasteiger partial charge >= 0.3 is 0 Å². The van der Waals surface area contributed by atoms with Crippen molar-refractivity contribution in [3.63, 3.8) is 0 Å². The summed E-state index contributed by atoms with van der Waals surface area (Å²) in [6.45, 7) is 5.98. The van der Waals surface area contributed by atoms with E-state index < -0.39 is 0 Å². The lowest BCUT2D eigenvalue weighted by Gasteiger charge is -2.34. The molecule has 0 aliphatic carbocycles. The first-order valence-electron chi connectivity index (χ1n) is 8.35. The van der Waals surface area contributed by atoms with Crippen molar-refractivity contribution < 1.29 is 4.42 Å². The lowest BCUT2D eigenvalue weighted by Crippen LogP contribution is -2.46. The molecule has 6 nitrogen and oxygen atoms in total. The van der Waals surface area contributed by atoms with Crippen LogP contribution in [0.2, 0.25) is 0 Å². The van der Waals surface area contributed by atoms with E-state index in [2.05, 4.69) is 32.4 Å². The largest absolute Gasteiger partial charge is 0.461 e. The fourth-order valence-electron chi connectivity index (χ4n) is 3.10. The summed E-state index contributed by atoms with van der Waals surface area (Å²) < 4.78 is 9.97. The highest BCUT2D eigenvalue weighted by molar-refractivity contribution is 7.71. The van der Waals surface area contributed by atoms with Crippen molar-refractivity contribution in [2.45, 2.75) is 13.2 Å². The number of aromatic nitrogens is 3. The first-order chi connectivity index (χ1) is 12.2. The zero-order valence-electron chi connectivity index (χ0n) is 14.2. The van der Waals surface area contributed by atoms with Crippen molar-refractivity contribution in [2.24, 2.45) is 7.05 Å². The van der Waals surface area contributed by atoms with Crippen LogP contribution in [0.1, 0.15) is 4.88 Å². The van der Waals surface area contributed by atoms with Crippen LogP contribution in [0.25, 0.3) is 11.6 Å². The van der Waals surface area contributed by atoms with Crippen molar-refractivity contribution in [2.75, 3.05) is 26.2 Å². The zero-order chi connectivity index (χ0) is 17.2. The number of rotatable bonds is 5. The molecular weight excluding hydrogens is 354 g/mol. The molecule has 0 amide bonds. The maximum absolute atomic E-state index is 5.54. The predicted octanol–water partition coefficient (Wildman–Crippen LogP) is 3.05. The molecule has 1 fully saturated rings. The third-order valence-electron chi connectivity index (χ3n) is 4.54. The van der Waals surface area contributed by atoms with Gasteiger partial charge < -0.3 is 8.98 Å². The molecule has 3 aromatic heterocycles. The Morgan fingerprint density at radius 1 is 1.16 bits per heavy atom. The van der Waals surface area contributed by atoms with Gasteiger partial charge in [-0.25, -0.2) is 4.68 Å². The summed E-state index contributed by atoms with van der Waals surface area (Å²) in [5.41, 5.74) is 0. The minimum Gasteiger partial charge on any atom is -0.461 e. The van der Waals surface area contributed by atoms with Crippen LogP contribution >= 0.6 is 23.6 Å². The molecule has 0 bridgehead atoms. The van der Waals surface area contributed by atoms with Gasteiger partial charge in [0.25, 0.3) is 0 Å². The van der Waals surface area contributed by atoms with Crippen LogP contribution in [0.4, 0.5) is 0 Å². The average molecular weight is 376 g/mol. The van der Waals surface area contributed by atoms with Crippen molar-refractivity contribution in [3.8, 4) is 11.6 Å². The summed E-state index contributed by atoms with van der Waals surface area (Å²) in [7, 11) is 1.93. The maximum atomic E-state index is 5.54. The van der Waals surface area contributed by atoms with Gasteiger partial charge in [0, 0.05) is 44.6 Å². The Kier molecular flexibility index (Phi) is 4.85. The van der Waals surface area contributed by atoms with Crippen molar-refractivity contribution >= 4 is 23.6 Å². The monoisotopic (exact) mass is 375 g/mol. The molecule has 4 heterocycles. The van der Waals surface area contributed by atoms with Gasteiger partial charge in [0.05, 0.1) is 12.9 Å². The zero-order valence-corrected chi connectivity index (χ0v) is 15.8. The third kappa shape index (κ3) is 3.62. The van der Waals surface area contributed by atoms with E-state index in [0.717, 1.165) is 51.0 Å². The number of hydrogen-bond acceptors (Lipinski definition) is 6. The molecule has 0 radical (unpaired) electrons. The first-order valence-corrected chi connectivity index (χ1v) is 9.64. The summed E-state index contributed by atoms with van der Waals surface area (Å²) in [6, 6.07) is 8.10. The highest BCUT2D eigenvalue weighted by atomic mass is 32.1. The molecule has 8 heteroatoms. The average Bonchev–Trinajstić information content (AvgIpc) is 3.36. The Morgan fingerprint density at radius 3 is 2.64 bits per heavy atom. The molecule has 0 spiro atoms. The molecule has 0 N–H and O–H groups in total. The van der Waals surface area contributed by atoms with Crippen LogP contribution in [0.5, 0.6) is 0 Å². The summed E-state index contributed by atoms with van der Waals surface area (Å²) in [5.74, 6) is 1.51. The molecule has 25 heavy (non-hydrogen) atoms. The van der Waals surface area contributed by atoms with Gasteiger partial charge in [-0.1, -0.05) is 6.07 Å². The Morgan fingerprint density at radius 2 is 1.96 bits per heavy atom. The lowest BCUT2D eigenvalue weighted by molar-refractivity contribution is 0.0987. The summed E-state index contributed by atoms with van der Waals surface area (Å²) in [4.78, 5) is 6.34. The minimum absolute atomic E-state index is 0.715. The van der Waals surface area contributed by atoms with Crippen LogP contribution in [-0.4, -0.2) is 50.3 Å². The highest BCUT2D eigenvalue weighted by Crippen LogP contribution is 2.18. The van der Waals surface area contributed by atoms with Crippen molar-refractivity contribution in [3.05, 3.63) is 45.6 Å². The topological polar surface area (TPSA) is 42.4 Å². The second-order valence-corrected chi connectivity index (χ2v) is 7.65. The maximum Gasteiger partial charge on any atom is 0.199 e. The fourth-order valence-corrected chi connectivity index (χ4v) is 4.03. The smallest absolute Gasteiger partial charge is 0.199 e. The number of piperazine rings is 1. The van der Waals surface area contributed by atoms with E-state index in [-0.39, 0.29) is 0 Å². The second-order valence-electron chi connectivity index (χ2n) is 6.26. The summed E-state index contributed by atoms with van der Waals surface area (Å²) in [5, 5.41) is 6.80. The molecule has 132 valence electrons. The molecule has 3 aromatic rings. The Hall–Kier alpha value is -1.74. The van der Waals surface area contributed by atoms with E-state index in [0.29, 0.717) is 4.77 Å². The summed E-state index contributed by atoms with van der Waals surface area (Å²) in [6.07, 6.45) is 1.66. The molecule has 1 aliphatic rings. The SMILES string of the molecule is Cn1c(-c2ccco2)nn(CN2CCN(Cc3cccs3)CC2)c1=S. The normalized spacial score (nSPS) is 16.5. The second kappa shape index (κ2) is 7.25. The molecule has 0 saturated carbocycles. The molecular formula is C17H21N5OS2. The van der Waals surface area contributed by atoms with Gasteiger partial charge in [-0.15, -0.1) is 16.4 Å². The molecule has 0 aromatic carbocycles. The van der Waals surface area contributed by atoms with E-state index in [9.17, 15) is 0 Å². The lowest BCUT2D eigenvalue weighted by atomic mass is 10.3. The van der Waals surface area contributed by atoms with Gasteiger partial charge in [-0.05, 0) is 35.8 Å². The molecule has 4 rings (SSSR count). The Balaban J connectivity index is 1.39. The summed E-state index contributed by atoms with van der Waals surface area (Å²) >= 11 is 7.37. The van der Waals surface area contributed by atoms with Gasteiger partial charge in [-0.2, -0.15) is 0 Å². The van der Waals surface area contributed by atoms with Gasteiger partial charge in [0.15, 0.2) is 16.4 Å². The van der Waals surface area contributed by atoms with E-state index in [1.165, 1.54) is 4.88 Å². The Labute approximate surface area is 155 Å². The molecule has 0 atom stereocenters. The number of thiophene rings is 1. The molecule has 0 unspecified atom stereocenters. The minimum atomic E-state index is 0.715. The molecule has 1 saturated heterocycles. The fraction of sp³-hybridized carbons (Fsp3) is 0.412. The number of furan rings is 1. The van der Waals surface area contributed by atoms with Gasteiger partial charge in [0.2, 0.25) is 0 Å². The number of nitrogens with zero attached hydrogens (tertiary/aromatic N) is 5. The van der Waals surface area contributed by atoms with Crippen molar-refractivity contribution in [1.29, 1.82) is 0 Å². The number of hydrogen-bond donors (Lipinski definition) is 0. The van der Waals surface area contributed by atoms with Crippen LogP contribution in [0.15, 0.2) is 40.3 Å². The first kappa shape index (κ1) is 16.7.